The Morgan fingerprint density at radius 3 is 3.00 bits per heavy atom. The minimum Gasteiger partial charge on any atom is -0.492 e. The number of benzene rings is 1. The highest BCUT2D eigenvalue weighted by atomic mass is 35.5. The Labute approximate surface area is 109 Å². The second-order valence-electron chi connectivity index (χ2n) is 4.85. The van der Waals surface area contributed by atoms with Crippen LogP contribution >= 0.6 is 12.4 Å². The van der Waals surface area contributed by atoms with Gasteiger partial charge < -0.3 is 10.1 Å². The second kappa shape index (κ2) is 5.74. The van der Waals surface area contributed by atoms with Gasteiger partial charge in [-0.3, -0.25) is 0 Å². The quantitative estimate of drug-likeness (QED) is 0.895. The molecule has 3 rings (SSSR count). The third-order valence-electron chi connectivity index (χ3n) is 3.71. The SMILES string of the molecule is Cl.c1cc2c(c(OCC3CCCN3)c1)CCC2. The van der Waals surface area contributed by atoms with E-state index in [4.69, 9.17) is 4.74 Å². The van der Waals surface area contributed by atoms with E-state index in [1.165, 1.54) is 43.2 Å². The van der Waals surface area contributed by atoms with Gasteiger partial charge >= 0.3 is 0 Å². The average molecular weight is 254 g/mol. The van der Waals surface area contributed by atoms with Gasteiger partial charge in [0.1, 0.15) is 12.4 Å². The molecule has 1 aromatic carbocycles. The van der Waals surface area contributed by atoms with Crippen molar-refractivity contribution in [3.8, 4) is 5.75 Å². The first-order valence-electron chi connectivity index (χ1n) is 6.40. The number of halogens is 1. The van der Waals surface area contributed by atoms with E-state index in [0.29, 0.717) is 6.04 Å². The van der Waals surface area contributed by atoms with Crippen molar-refractivity contribution < 1.29 is 4.74 Å². The van der Waals surface area contributed by atoms with Crippen LogP contribution in [0.25, 0.3) is 0 Å². The molecule has 0 aromatic heterocycles. The topological polar surface area (TPSA) is 21.3 Å². The van der Waals surface area contributed by atoms with Gasteiger partial charge in [-0.05, 0) is 55.8 Å². The van der Waals surface area contributed by atoms with Crippen molar-refractivity contribution >= 4 is 12.4 Å². The first-order chi connectivity index (χ1) is 7.93. The summed E-state index contributed by atoms with van der Waals surface area (Å²) in [7, 11) is 0. The molecule has 94 valence electrons. The van der Waals surface area contributed by atoms with Crippen LogP contribution in [0.4, 0.5) is 0 Å². The molecule has 0 amide bonds. The highest BCUT2D eigenvalue weighted by Gasteiger charge is 2.18. The molecule has 0 radical (unpaired) electrons. The van der Waals surface area contributed by atoms with Crippen molar-refractivity contribution in [1.29, 1.82) is 0 Å². The lowest BCUT2D eigenvalue weighted by Crippen LogP contribution is -2.28. The van der Waals surface area contributed by atoms with E-state index in [1.807, 2.05) is 0 Å². The molecular formula is C14H20ClNO. The second-order valence-corrected chi connectivity index (χ2v) is 4.85. The number of aryl methyl sites for hydroxylation is 1. The minimum atomic E-state index is 0. The van der Waals surface area contributed by atoms with E-state index in [0.717, 1.165) is 18.9 Å². The Morgan fingerprint density at radius 1 is 1.24 bits per heavy atom. The third-order valence-corrected chi connectivity index (χ3v) is 3.71. The van der Waals surface area contributed by atoms with Crippen LogP contribution in [-0.4, -0.2) is 19.2 Å². The van der Waals surface area contributed by atoms with Gasteiger partial charge in [0.25, 0.3) is 0 Å². The summed E-state index contributed by atoms with van der Waals surface area (Å²) in [6.07, 6.45) is 6.27. The summed E-state index contributed by atoms with van der Waals surface area (Å²) in [5.41, 5.74) is 2.96. The van der Waals surface area contributed by atoms with E-state index >= 15 is 0 Å². The number of hydrogen-bond acceptors (Lipinski definition) is 2. The Morgan fingerprint density at radius 2 is 2.18 bits per heavy atom. The molecule has 2 nitrogen and oxygen atoms in total. The summed E-state index contributed by atoms with van der Waals surface area (Å²) < 4.78 is 5.97. The van der Waals surface area contributed by atoms with Gasteiger partial charge in [-0.1, -0.05) is 12.1 Å². The smallest absolute Gasteiger partial charge is 0.122 e. The lowest BCUT2D eigenvalue weighted by atomic mass is 10.1. The fourth-order valence-corrected chi connectivity index (χ4v) is 2.81. The van der Waals surface area contributed by atoms with E-state index in [1.54, 1.807) is 0 Å². The molecule has 0 saturated carbocycles. The van der Waals surface area contributed by atoms with Crippen LogP contribution in [0, 0.1) is 0 Å². The van der Waals surface area contributed by atoms with E-state index in [2.05, 4.69) is 23.5 Å². The van der Waals surface area contributed by atoms with Crippen LogP contribution in [0.15, 0.2) is 18.2 Å². The maximum Gasteiger partial charge on any atom is 0.122 e. The average Bonchev–Trinajstić information content (AvgIpc) is 2.97. The summed E-state index contributed by atoms with van der Waals surface area (Å²) >= 11 is 0. The first-order valence-corrected chi connectivity index (χ1v) is 6.40. The molecule has 1 N–H and O–H groups in total. The number of ether oxygens (including phenoxy) is 1. The van der Waals surface area contributed by atoms with Gasteiger partial charge in [-0.25, -0.2) is 0 Å². The maximum absolute atomic E-state index is 5.97. The highest BCUT2D eigenvalue weighted by molar-refractivity contribution is 5.85. The molecule has 0 spiro atoms. The van der Waals surface area contributed by atoms with Crippen LogP contribution in [-0.2, 0) is 12.8 Å². The molecule has 1 fully saturated rings. The number of hydrogen-bond donors (Lipinski definition) is 1. The number of fused-ring (bicyclic) bond motifs is 1. The Kier molecular flexibility index (Phi) is 4.30. The summed E-state index contributed by atoms with van der Waals surface area (Å²) in [6, 6.07) is 7.06. The lowest BCUT2D eigenvalue weighted by Gasteiger charge is -2.14. The fourth-order valence-electron chi connectivity index (χ4n) is 2.81. The third kappa shape index (κ3) is 2.75. The predicted octanol–water partition coefficient (Wildman–Crippen LogP) is 2.73. The van der Waals surface area contributed by atoms with E-state index in [-0.39, 0.29) is 12.4 Å². The van der Waals surface area contributed by atoms with Crippen molar-refractivity contribution in [2.75, 3.05) is 13.2 Å². The molecule has 0 bridgehead atoms. The predicted molar refractivity (Wildman–Crippen MR) is 72.2 cm³/mol. The Hall–Kier alpha value is -0.730. The van der Waals surface area contributed by atoms with Crippen molar-refractivity contribution in [2.45, 2.75) is 38.1 Å². The Balaban J connectivity index is 0.00000108. The summed E-state index contributed by atoms with van der Waals surface area (Å²) in [5.74, 6) is 1.13. The molecule has 1 aromatic rings. The van der Waals surface area contributed by atoms with Crippen molar-refractivity contribution in [3.05, 3.63) is 29.3 Å². The van der Waals surface area contributed by atoms with Gasteiger partial charge in [-0.2, -0.15) is 0 Å². The zero-order chi connectivity index (χ0) is 10.8. The van der Waals surface area contributed by atoms with Gasteiger partial charge in [-0.15, -0.1) is 12.4 Å². The van der Waals surface area contributed by atoms with Gasteiger partial charge in [0.15, 0.2) is 0 Å². The Bertz CT molecular complexity index is 374. The highest BCUT2D eigenvalue weighted by Crippen LogP contribution is 2.30. The van der Waals surface area contributed by atoms with Gasteiger partial charge in [0, 0.05) is 6.04 Å². The summed E-state index contributed by atoms with van der Waals surface area (Å²) in [6.45, 7) is 1.98. The molecule has 2 aliphatic rings. The lowest BCUT2D eigenvalue weighted by molar-refractivity contribution is 0.275. The number of rotatable bonds is 3. The van der Waals surface area contributed by atoms with Crippen LogP contribution < -0.4 is 10.1 Å². The molecular weight excluding hydrogens is 234 g/mol. The number of nitrogens with one attached hydrogen (secondary N) is 1. The zero-order valence-electron chi connectivity index (χ0n) is 10.1. The van der Waals surface area contributed by atoms with Crippen LogP contribution in [0.5, 0.6) is 5.75 Å². The fraction of sp³-hybridized carbons (Fsp3) is 0.571. The van der Waals surface area contributed by atoms with E-state index < -0.39 is 0 Å². The van der Waals surface area contributed by atoms with Crippen molar-refractivity contribution in [3.63, 3.8) is 0 Å². The molecule has 1 unspecified atom stereocenters. The van der Waals surface area contributed by atoms with Crippen LogP contribution in [0.2, 0.25) is 0 Å². The molecule has 1 atom stereocenters. The maximum atomic E-state index is 5.97. The first kappa shape index (κ1) is 12.7. The summed E-state index contributed by atoms with van der Waals surface area (Å²) in [5, 5.41) is 3.47. The molecule has 1 heterocycles. The minimum absolute atomic E-state index is 0. The zero-order valence-corrected chi connectivity index (χ0v) is 10.9. The van der Waals surface area contributed by atoms with Gasteiger partial charge in [0.05, 0.1) is 0 Å². The molecule has 3 heteroatoms. The van der Waals surface area contributed by atoms with Crippen molar-refractivity contribution in [1.82, 2.24) is 5.32 Å². The molecule has 1 aliphatic carbocycles. The van der Waals surface area contributed by atoms with Crippen LogP contribution in [0.3, 0.4) is 0 Å². The van der Waals surface area contributed by atoms with Gasteiger partial charge in [0.2, 0.25) is 0 Å². The normalized spacial score (nSPS) is 22.0. The monoisotopic (exact) mass is 253 g/mol. The molecule has 1 aliphatic heterocycles. The van der Waals surface area contributed by atoms with Crippen molar-refractivity contribution in [2.24, 2.45) is 0 Å². The molecule has 1 saturated heterocycles. The summed E-state index contributed by atoms with van der Waals surface area (Å²) in [4.78, 5) is 0. The standard InChI is InChI=1S/C14H19NO.ClH/c1-4-11-5-2-8-14(13(11)7-1)16-10-12-6-3-9-15-12;/h2,5,8,12,15H,1,3-4,6-7,9-10H2;1H. The van der Waals surface area contributed by atoms with Crippen LogP contribution in [0.1, 0.15) is 30.4 Å². The van der Waals surface area contributed by atoms with E-state index in [9.17, 15) is 0 Å². The molecule has 17 heavy (non-hydrogen) atoms. The largest absolute Gasteiger partial charge is 0.492 e.